The van der Waals surface area contributed by atoms with E-state index in [-0.39, 0.29) is 0 Å². The number of rotatable bonds is 1. The van der Waals surface area contributed by atoms with Crippen molar-refractivity contribution in [2.75, 3.05) is 5.73 Å². The third-order valence-electron chi connectivity index (χ3n) is 1.17. The van der Waals surface area contributed by atoms with Crippen molar-refractivity contribution in [1.29, 1.82) is 0 Å². The Balaban J connectivity index is 3.09. The minimum atomic E-state index is 0.333. The van der Waals surface area contributed by atoms with E-state index in [0.717, 1.165) is 16.6 Å². The second-order valence-electron chi connectivity index (χ2n) is 1.88. The molecule has 0 unspecified atom stereocenters. The predicted molar refractivity (Wildman–Crippen MR) is 43.5 cm³/mol. The molecule has 54 valence electrons. The molecule has 1 aromatic heterocycles. The van der Waals surface area contributed by atoms with Crippen LogP contribution in [0.4, 0.5) is 5.95 Å². The van der Waals surface area contributed by atoms with E-state index in [9.17, 15) is 0 Å². The van der Waals surface area contributed by atoms with Gasteiger partial charge in [0.2, 0.25) is 5.95 Å². The maximum absolute atomic E-state index is 5.36. The fraction of sp³-hybridized carbons (Fsp3) is 0.333. The van der Waals surface area contributed by atoms with Crippen molar-refractivity contribution in [3.05, 3.63) is 16.4 Å². The Labute approximate surface area is 67.8 Å². The Hall–Kier alpha value is -0.640. The molecule has 0 amide bonds. The van der Waals surface area contributed by atoms with Gasteiger partial charge in [0.15, 0.2) is 0 Å². The van der Waals surface area contributed by atoms with Gasteiger partial charge < -0.3 is 5.73 Å². The maximum atomic E-state index is 5.36. The van der Waals surface area contributed by atoms with Crippen LogP contribution in [0.1, 0.15) is 12.6 Å². The zero-order chi connectivity index (χ0) is 7.56. The Morgan fingerprint density at radius 2 is 2.40 bits per heavy atom. The van der Waals surface area contributed by atoms with Gasteiger partial charge >= 0.3 is 0 Å². The molecule has 4 heteroatoms. The van der Waals surface area contributed by atoms with Crippen molar-refractivity contribution in [3.63, 3.8) is 0 Å². The normalized spacial score (nSPS) is 9.80. The fourth-order valence-electron chi connectivity index (χ4n) is 0.666. The first-order chi connectivity index (χ1) is 4.74. The fourth-order valence-corrected chi connectivity index (χ4v) is 1.14. The smallest absolute Gasteiger partial charge is 0.220 e. The lowest BCUT2D eigenvalue weighted by Crippen LogP contribution is -1.98. The number of nitrogens with zero attached hydrogens (tertiary/aromatic N) is 2. The highest BCUT2D eigenvalue weighted by molar-refractivity contribution is 9.10. The lowest BCUT2D eigenvalue weighted by molar-refractivity contribution is 0.994. The summed E-state index contributed by atoms with van der Waals surface area (Å²) in [7, 11) is 0. The van der Waals surface area contributed by atoms with Crippen molar-refractivity contribution in [3.8, 4) is 0 Å². The third kappa shape index (κ3) is 1.44. The first-order valence-electron chi connectivity index (χ1n) is 3.01. The highest BCUT2D eigenvalue weighted by Crippen LogP contribution is 2.13. The van der Waals surface area contributed by atoms with Crippen LogP contribution in [0.25, 0.3) is 0 Å². The lowest BCUT2D eigenvalue weighted by Gasteiger charge is -1.98. The molecular weight excluding hydrogens is 194 g/mol. The van der Waals surface area contributed by atoms with Crippen LogP contribution in [0.15, 0.2) is 10.7 Å². The van der Waals surface area contributed by atoms with Gasteiger partial charge in [0.1, 0.15) is 0 Å². The second kappa shape index (κ2) is 2.96. The van der Waals surface area contributed by atoms with Gasteiger partial charge in [0.25, 0.3) is 0 Å². The Morgan fingerprint density at radius 1 is 1.70 bits per heavy atom. The summed E-state index contributed by atoms with van der Waals surface area (Å²) >= 11 is 3.31. The van der Waals surface area contributed by atoms with Crippen molar-refractivity contribution < 1.29 is 0 Å². The molecule has 0 aromatic carbocycles. The number of hydrogen-bond acceptors (Lipinski definition) is 3. The molecule has 0 aliphatic heterocycles. The summed E-state index contributed by atoms with van der Waals surface area (Å²) in [5.74, 6) is 0.333. The number of hydrogen-bond donors (Lipinski definition) is 1. The van der Waals surface area contributed by atoms with E-state index in [1.807, 2.05) is 6.92 Å². The van der Waals surface area contributed by atoms with Crippen LogP contribution in [0.5, 0.6) is 0 Å². The Bertz CT molecular complexity index is 236. The van der Waals surface area contributed by atoms with Crippen molar-refractivity contribution in [2.45, 2.75) is 13.3 Å². The molecule has 0 aliphatic carbocycles. The van der Waals surface area contributed by atoms with Crippen LogP contribution in [0, 0.1) is 0 Å². The minimum Gasteiger partial charge on any atom is -0.368 e. The van der Waals surface area contributed by atoms with Gasteiger partial charge in [-0.05, 0) is 22.4 Å². The van der Waals surface area contributed by atoms with E-state index in [1.54, 1.807) is 6.20 Å². The summed E-state index contributed by atoms with van der Waals surface area (Å²) in [6.45, 7) is 2.02. The van der Waals surface area contributed by atoms with E-state index in [4.69, 9.17) is 5.73 Å². The van der Waals surface area contributed by atoms with Crippen LogP contribution < -0.4 is 5.73 Å². The molecule has 1 aromatic rings. The summed E-state index contributed by atoms with van der Waals surface area (Å²) in [6, 6.07) is 0. The van der Waals surface area contributed by atoms with E-state index >= 15 is 0 Å². The van der Waals surface area contributed by atoms with Crippen LogP contribution >= 0.6 is 15.9 Å². The second-order valence-corrected chi connectivity index (χ2v) is 2.73. The van der Waals surface area contributed by atoms with Gasteiger partial charge in [0.05, 0.1) is 10.2 Å². The monoisotopic (exact) mass is 201 g/mol. The number of aromatic nitrogens is 2. The van der Waals surface area contributed by atoms with Crippen molar-refractivity contribution in [1.82, 2.24) is 9.97 Å². The summed E-state index contributed by atoms with van der Waals surface area (Å²) in [5.41, 5.74) is 6.31. The highest BCUT2D eigenvalue weighted by atomic mass is 79.9. The standard InChI is InChI=1S/C6H8BrN3/c1-2-5-4(7)3-9-6(8)10-5/h3H,2H2,1H3,(H2,8,9,10). The first-order valence-corrected chi connectivity index (χ1v) is 3.80. The zero-order valence-electron chi connectivity index (χ0n) is 5.63. The third-order valence-corrected chi connectivity index (χ3v) is 1.83. The molecular formula is C6H8BrN3. The molecule has 0 bridgehead atoms. The summed E-state index contributed by atoms with van der Waals surface area (Å²) in [5, 5.41) is 0. The first kappa shape index (κ1) is 7.47. The molecule has 0 saturated carbocycles. The quantitative estimate of drug-likeness (QED) is 0.748. The number of aryl methyl sites for hydroxylation is 1. The van der Waals surface area contributed by atoms with E-state index in [0.29, 0.717) is 5.95 Å². The van der Waals surface area contributed by atoms with Gasteiger partial charge in [-0.3, -0.25) is 0 Å². The van der Waals surface area contributed by atoms with Gasteiger partial charge in [-0.15, -0.1) is 0 Å². The molecule has 0 spiro atoms. The predicted octanol–water partition coefficient (Wildman–Crippen LogP) is 1.38. The molecule has 3 nitrogen and oxygen atoms in total. The molecule has 2 N–H and O–H groups in total. The summed E-state index contributed by atoms with van der Waals surface area (Å²) < 4.78 is 0.921. The number of nitrogen functional groups attached to an aromatic ring is 1. The largest absolute Gasteiger partial charge is 0.368 e. The maximum Gasteiger partial charge on any atom is 0.220 e. The molecule has 0 radical (unpaired) electrons. The van der Waals surface area contributed by atoms with Gasteiger partial charge in [-0.25, -0.2) is 9.97 Å². The molecule has 0 atom stereocenters. The number of nitrogens with two attached hydrogens (primary N) is 1. The van der Waals surface area contributed by atoms with Crippen molar-refractivity contribution >= 4 is 21.9 Å². The number of anilines is 1. The molecule has 0 saturated heterocycles. The summed E-state index contributed by atoms with van der Waals surface area (Å²) in [6.07, 6.45) is 2.54. The SMILES string of the molecule is CCc1nc(N)ncc1Br. The average Bonchev–Trinajstić information content (AvgIpc) is 1.94. The van der Waals surface area contributed by atoms with Crippen molar-refractivity contribution in [2.24, 2.45) is 0 Å². The Morgan fingerprint density at radius 3 is 2.90 bits per heavy atom. The van der Waals surface area contributed by atoms with E-state index in [2.05, 4.69) is 25.9 Å². The van der Waals surface area contributed by atoms with E-state index in [1.165, 1.54) is 0 Å². The van der Waals surface area contributed by atoms with Crippen LogP contribution in [0.2, 0.25) is 0 Å². The summed E-state index contributed by atoms with van der Waals surface area (Å²) in [4.78, 5) is 7.82. The van der Waals surface area contributed by atoms with Crippen LogP contribution in [0.3, 0.4) is 0 Å². The van der Waals surface area contributed by atoms with Gasteiger partial charge in [-0.2, -0.15) is 0 Å². The zero-order valence-corrected chi connectivity index (χ0v) is 7.22. The van der Waals surface area contributed by atoms with Gasteiger partial charge in [0, 0.05) is 6.20 Å². The molecule has 1 heterocycles. The van der Waals surface area contributed by atoms with Gasteiger partial charge in [-0.1, -0.05) is 6.92 Å². The van der Waals surface area contributed by atoms with E-state index < -0.39 is 0 Å². The molecule has 10 heavy (non-hydrogen) atoms. The number of halogens is 1. The molecule has 1 rings (SSSR count). The molecule has 0 aliphatic rings. The van der Waals surface area contributed by atoms with Crippen LogP contribution in [-0.2, 0) is 6.42 Å². The Kier molecular flexibility index (Phi) is 2.21. The minimum absolute atomic E-state index is 0.333. The van der Waals surface area contributed by atoms with Crippen LogP contribution in [-0.4, -0.2) is 9.97 Å². The molecule has 0 fully saturated rings. The average molecular weight is 202 g/mol. The highest BCUT2D eigenvalue weighted by Gasteiger charge is 1.98. The topological polar surface area (TPSA) is 51.8 Å². The lowest BCUT2D eigenvalue weighted by atomic mass is 10.3.